The number of Topliss-reactive ketones (excluding diaryl/α,β-unsaturated/α-hetero) is 1. The number of halogens is 6. The molecule has 0 saturated carbocycles. The number of nitriles is 1. The summed E-state index contributed by atoms with van der Waals surface area (Å²) >= 11 is 7.97. The fourth-order valence-corrected chi connectivity index (χ4v) is 5.10. The van der Waals surface area contributed by atoms with Gasteiger partial charge in [0.05, 0.1) is 22.3 Å². The molecule has 1 aliphatic rings. The SMILES string of the molecule is Cc1cc(C#N)cc(C(=O)NC2CSC2)c1CC(=O)c1cc(Cn2nnc(C(F)(F)C(F)(F)F)n2)nn1-c1ncccc1Cl. The second kappa shape index (κ2) is 11.9. The monoisotopic (exact) mass is 651 g/mol. The Balaban J connectivity index is 1.50. The van der Waals surface area contributed by atoms with Crippen LogP contribution in [0.3, 0.4) is 0 Å². The first-order valence-electron chi connectivity index (χ1n) is 12.7. The summed E-state index contributed by atoms with van der Waals surface area (Å²) in [6.45, 7) is 1.12. The van der Waals surface area contributed by atoms with Gasteiger partial charge in [-0.1, -0.05) is 11.6 Å². The van der Waals surface area contributed by atoms with Gasteiger partial charge in [0.2, 0.25) is 0 Å². The zero-order valence-corrected chi connectivity index (χ0v) is 24.0. The molecule has 44 heavy (non-hydrogen) atoms. The molecule has 1 N–H and O–H groups in total. The number of thioether (sulfide) groups is 1. The summed E-state index contributed by atoms with van der Waals surface area (Å²) in [7, 11) is 0. The van der Waals surface area contributed by atoms with Gasteiger partial charge in [0.25, 0.3) is 11.7 Å². The van der Waals surface area contributed by atoms with E-state index < -0.39 is 36.2 Å². The van der Waals surface area contributed by atoms with Crippen molar-refractivity contribution in [3.05, 3.63) is 81.0 Å². The van der Waals surface area contributed by atoms with Crippen LogP contribution < -0.4 is 5.32 Å². The first kappa shape index (κ1) is 31.0. The largest absolute Gasteiger partial charge is 0.461 e. The lowest BCUT2D eigenvalue weighted by atomic mass is 9.93. The summed E-state index contributed by atoms with van der Waals surface area (Å²) in [4.78, 5) is 31.6. The first-order valence-corrected chi connectivity index (χ1v) is 14.2. The number of aryl methyl sites for hydroxylation is 1. The average Bonchev–Trinajstić information content (AvgIpc) is 3.59. The Morgan fingerprint density at radius 2 is 1.93 bits per heavy atom. The van der Waals surface area contributed by atoms with Crippen LogP contribution in [0, 0.1) is 18.3 Å². The molecule has 1 aliphatic heterocycles. The van der Waals surface area contributed by atoms with Gasteiger partial charge in [0.15, 0.2) is 11.6 Å². The predicted molar refractivity (Wildman–Crippen MR) is 146 cm³/mol. The lowest BCUT2D eigenvalue weighted by Gasteiger charge is -2.26. The van der Waals surface area contributed by atoms with Crippen molar-refractivity contribution >= 4 is 35.1 Å². The van der Waals surface area contributed by atoms with E-state index in [-0.39, 0.29) is 45.8 Å². The Kier molecular flexibility index (Phi) is 8.40. The van der Waals surface area contributed by atoms with Crippen LogP contribution in [0.1, 0.15) is 49.1 Å². The van der Waals surface area contributed by atoms with Gasteiger partial charge in [-0.2, -0.15) is 48.9 Å². The molecule has 0 radical (unpaired) electrons. The molecule has 5 rings (SSSR count). The Bertz CT molecular complexity index is 1800. The second-order valence-corrected chi connectivity index (χ2v) is 11.2. The summed E-state index contributed by atoms with van der Waals surface area (Å²) in [5.74, 6) is -6.70. The zero-order valence-electron chi connectivity index (χ0n) is 22.4. The van der Waals surface area contributed by atoms with Gasteiger partial charge in [0, 0.05) is 35.7 Å². The van der Waals surface area contributed by atoms with Crippen LogP contribution in [0.5, 0.6) is 0 Å². The van der Waals surface area contributed by atoms with Crippen molar-refractivity contribution in [2.24, 2.45) is 0 Å². The molecule has 11 nitrogen and oxygen atoms in total. The number of nitrogens with one attached hydrogen (secondary N) is 1. The second-order valence-electron chi connectivity index (χ2n) is 9.70. The van der Waals surface area contributed by atoms with E-state index in [0.717, 1.165) is 16.2 Å². The van der Waals surface area contributed by atoms with Crippen molar-refractivity contribution in [1.29, 1.82) is 5.26 Å². The predicted octanol–water partition coefficient (Wildman–Crippen LogP) is 4.06. The molecule has 0 bridgehead atoms. The van der Waals surface area contributed by atoms with Crippen molar-refractivity contribution in [2.45, 2.75) is 38.0 Å². The van der Waals surface area contributed by atoms with E-state index in [2.05, 4.69) is 30.8 Å². The van der Waals surface area contributed by atoms with Crippen LogP contribution in [0.15, 0.2) is 36.5 Å². The number of tetrazole rings is 1. The van der Waals surface area contributed by atoms with Crippen LogP contribution >= 0.6 is 23.4 Å². The number of benzene rings is 1. The highest BCUT2D eigenvalue weighted by Crippen LogP contribution is 2.41. The van der Waals surface area contributed by atoms with E-state index in [1.807, 2.05) is 6.07 Å². The molecule has 0 aliphatic carbocycles. The number of rotatable bonds is 9. The molecule has 0 spiro atoms. The molecule has 228 valence electrons. The normalized spacial score (nSPS) is 13.8. The number of carbonyl (C=O) groups excluding carboxylic acids is 2. The van der Waals surface area contributed by atoms with E-state index in [0.29, 0.717) is 15.9 Å². The van der Waals surface area contributed by atoms with E-state index in [1.165, 1.54) is 30.5 Å². The molecule has 1 saturated heterocycles. The van der Waals surface area contributed by atoms with Crippen molar-refractivity contribution in [3.63, 3.8) is 0 Å². The number of carbonyl (C=O) groups is 2. The number of hydrogen-bond acceptors (Lipinski definition) is 9. The number of hydrogen-bond donors (Lipinski definition) is 1. The maximum atomic E-state index is 13.8. The summed E-state index contributed by atoms with van der Waals surface area (Å²) in [6.07, 6.45) is -4.88. The molecular formula is C26H19ClF5N9O2S. The third kappa shape index (κ3) is 6.13. The summed E-state index contributed by atoms with van der Waals surface area (Å²) in [5.41, 5.74) is 1.14. The summed E-state index contributed by atoms with van der Waals surface area (Å²) in [6, 6.07) is 9.18. The lowest BCUT2D eigenvalue weighted by Crippen LogP contribution is -2.44. The first-order chi connectivity index (χ1) is 20.8. The maximum Gasteiger partial charge on any atom is 0.461 e. The smallest absolute Gasteiger partial charge is 0.348 e. The molecule has 0 unspecified atom stereocenters. The van der Waals surface area contributed by atoms with Gasteiger partial charge < -0.3 is 5.32 Å². The lowest BCUT2D eigenvalue weighted by molar-refractivity contribution is -0.292. The third-order valence-corrected chi connectivity index (χ3v) is 8.11. The van der Waals surface area contributed by atoms with E-state index in [1.54, 1.807) is 24.8 Å². The summed E-state index contributed by atoms with van der Waals surface area (Å²) in [5, 5.41) is 26.0. The van der Waals surface area contributed by atoms with Crippen molar-refractivity contribution < 1.29 is 31.5 Å². The summed E-state index contributed by atoms with van der Waals surface area (Å²) < 4.78 is 66.7. The van der Waals surface area contributed by atoms with Gasteiger partial charge in [-0.25, -0.2) is 9.67 Å². The Hall–Kier alpha value is -4.43. The zero-order chi connectivity index (χ0) is 31.8. The molecule has 18 heteroatoms. The van der Waals surface area contributed by atoms with Gasteiger partial charge in [-0.15, -0.1) is 10.2 Å². The van der Waals surface area contributed by atoms with Crippen molar-refractivity contribution in [3.8, 4) is 11.9 Å². The number of pyridine rings is 1. The van der Waals surface area contributed by atoms with E-state index in [4.69, 9.17) is 11.6 Å². The highest BCUT2D eigenvalue weighted by molar-refractivity contribution is 8.00. The Morgan fingerprint density at radius 3 is 2.57 bits per heavy atom. The van der Waals surface area contributed by atoms with Gasteiger partial charge in [-0.3, -0.25) is 9.59 Å². The van der Waals surface area contributed by atoms with Crippen LogP contribution in [0.4, 0.5) is 22.0 Å². The number of aromatic nitrogens is 7. The maximum absolute atomic E-state index is 13.8. The highest BCUT2D eigenvalue weighted by atomic mass is 35.5. The molecule has 4 heterocycles. The molecule has 3 aromatic heterocycles. The van der Waals surface area contributed by atoms with Crippen molar-refractivity contribution in [2.75, 3.05) is 11.5 Å². The van der Waals surface area contributed by atoms with Crippen LogP contribution in [0.25, 0.3) is 5.82 Å². The topological polar surface area (TPSA) is 144 Å². The molecule has 1 amide bonds. The Labute approximate surface area is 254 Å². The number of nitrogens with zero attached hydrogens (tertiary/aromatic N) is 8. The minimum absolute atomic E-state index is 0.0219. The molecule has 1 fully saturated rings. The van der Waals surface area contributed by atoms with E-state index in [9.17, 15) is 36.8 Å². The quantitative estimate of drug-likeness (QED) is 0.209. The van der Waals surface area contributed by atoms with Gasteiger partial charge >= 0.3 is 12.1 Å². The third-order valence-electron chi connectivity index (χ3n) is 6.54. The van der Waals surface area contributed by atoms with Crippen LogP contribution in [-0.4, -0.2) is 70.4 Å². The molecule has 0 atom stereocenters. The Morgan fingerprint density at radius 1 is 1.18 bits per heavy atom. The van der Waals surface area contributed by atoms with Gasteiger partial charge in [0.1, 0.15) is 12.2 Å². The number of ketones is 1. The highest BCUT2D eigenvalue weighted by Gasteiger charge is 2.62. The minimum Gasteiger partial charge on any atom is -0.348 e. The minimum atomic E-state index is -5.94. The molecule has 4 aromatic rings. The molecule has 1 aromatic carbocycles. The van der Waals surface area contributed by atoms with Crippen LogP contribution in [0.2, 0.25) is 5.02 Å². The number of alkyl halides is 5. The fourth-order valence-electron chi connectivity index (χ4n) is 4.26. The average molecular weight is 652 g/mol. The fraction of sp³-hybridized carbons (Fsp3) is 0.308. The van der Waals surface area contributed by atoms with Crippen molar-refractivity contribution in [1.82, 2.24) is 40.3 Å². The number of amides is 1. The molecular weight excluding hydrogens is 633 g/mol. The van der Waals surface area contributed by atoms with Gasteiger partial charge in [-0.05, 0) is 53.6 Å². The van der Waals surface area contributed by atoms with E-state index >= 15 is 0 Å². The standard InChI is InChI=1S/C26H19ClF5N9O2S/c1-13-5-14(9-33)6-18(23(43)35-16-11-44-12-16)17(13)8-21(42)20-7-15(37-41(20)22-19(27)3-2-4-34-22)10-40-38-24(36-39-40)25(28,29)26(30,31)32/h2-7,16H,8,10-12H2,1H3,(H,35,43). The van der Waals surface area contributed by atoms with Crippen LogP contribution in [-0.2, 0) is 18.9 Å².